The maximum Gasteiger partial charge on any atom is 0.256 e. The molecule has 1 saturated heterocycles. The fourth-order valence-corrected chi connectivity index (χ4v) is 3.03. The molecule has 1 N–H and O–H groups in total. The molecule has 0 aliphatic carbocycles. The summed E-state index contributed by atoms with van der Waals surface area (Å²) in [5, 5.41) is 14.1. The van der Waals surface area contributed by atoms with Crippen LogP contribution >= 0.6 is 0 Å². The van der Waals surface area contributed by atoms with Crippen LogP contribution in [0.5, 0.6) is 0 Å². The van der Waals surface area contributed by atoms with Gasteiger partial charge in [0.2, 0.25) is 5.89 Å². The summed E-state index contributed by atoms with van der Waals surface area (Å²) in [5.74, 6) is 0.785. The Hall–Kier alpha value is -2.28. The van der Waals surface area contributed by atoms with Crippen LogP contribution in [-0.4, -0.2) is 39.1 Å². The molecule has 2 heterocycles. The molecule has 2 aromatic rings. The highest BCUT2D eigenvalue weighted by Crippen LogP contribution is 2.24. The summed E-state index contributed by atoms with van der Waals surface area (Å²) in [6.45, 7) is 2.88. The van der Waals surface area contributed by atoms with E-state index in [-0.39, 0.29) is 11.5 Å². The Balaban J connectivity index is 1.55. The molecule has 1 aromatic carbocycles. The lowest BCUT2D eigenvalue weighted by Gasteiger charge is -2.32. The fraction of sp³-hybridized carbons (Fsp3) is 0.471. The van der Waals surface area contributed by atoms with Crippen LogP contribution in [0.3, 0.4) is 0 Å². The van der Waals surface area contributed by atoms with Crippen molar-refractivity contribution in [3.63, 3.8) is 0 Å². The molecule has 6 nitrogen and oxygen atoms in total. The Bertz CT molecular complexity index is 711. The fourth-order valence-electron chi connectivity index (χ4n) is 3.03. The van der Waals surface area contributed by atoms with E-state index in [0.717, 1.165) is 19.3 Å². The number of nitrogens with zero attached hydrogens (tertiary/aromatic N) is 3. The number of likely N-dealkylation sites (tertiary alicyclic amines) is 1. The number of halogens is 1. The zero-order valence-electron chi connectivity index (χ0n) is 13.5. The number of benzene rings is 1. The molecule has 24 heavy (non-hydrogen) atoms. The van der Waals surface area contributed by atoms with E-state index in [4.69, 9.17) is 4.52 Å². The van der Waals surface area contributed by atoms with Crippen molar-refractivity contribution in [2.45, 2.75) is 32.3 Å². The molecule has 0 spiro atoms. The van der Waals surface area contributed by atoms with Gasteiger partial charge in [-0.3, -0.25) is 4.79 Å². The predicted octanol–water partition coefficient (Wildman–Crippen LogP) is 2.03. The van der Waals surface area contributed by atoms with E-state index in [9.17, 15) is 14.3 Å². The SMILES string of the molecule is Cc1nc(CC2CCN(C(=O)C(O)c3cccc(F)c3)CC2)no1. The summed E-state index contributed by atoms with van der Waals surface area (Å²) in [6.07, 6.45) is 1.04. The zero-order chi connectivity index (χ0) is 17.1. The first kappa shape index (κ1) is 16.6. The summed E-state index contributed by atoms with van der Waals surface area (Å²) in [5.41, 5.74) is 0.282. The number of hydrogen-bond donors (Lipinski definition) is 1. The summed E-state index contributed by atoms with van der Waals surface area (Å²) in [6, 6.07) is 5.51. The summed E-state index contributed by atoms with van der Waals surface area (Å²) < 4.78 is 18.2. The van der Waals surface area contributed by atoms with Crippen LogP contribution in [0.4, 0.5) is 4.39 Å². The largest absolute Gasteiger partial charge is 0.378 e. The van der Waals surface area contributed by atoms with Crippen molar-refractivity contribution >= 4 is 5.91 Å². The van der Waals surface area contributed by atoms with Gasteiger partial charge in [0.15, 0.2) is 11.9 Å². The lowest BCUT2D eigenvalue weighted by molar-refractivity contribution is -0.142. The van der Waals surface area contributed by atoms with Crippen LogP contribution in [0.1, 0.15) is 36.2 Å². The number of rotatable bonds is 4. The Morgan fingerprint density at radius 2 is 2.21 bits per heavy atom. The highest BCUT2D eigenvalue weighted by atomic mass is 19.1. The van der Waals surface area contributed by atoms with Crippen molar-refractivity contribution < 1.29 is 18.8 Å². The lowest BCUT2D eigenvalue weighted by Crippen LogP contribution is -2.41. The minimum Gasteiger partial charge on any atom is -0.378 e. The predicted molar refractivity (Wildman–Crippen MR) is 83.4 cm³/mol. The first-order valence-corrected chi connectivity index (χ1v) is 8.04. The monoisotopic (exact) mass is 333 g/mol. The van der Waals surface area contributed by atoms with Crippen LogP contribution in [-0.2, 0) is 11.2 Å². The van der Waals surface area contributed by atoms with Crippen LogP contribution < -0.4 is 0 Å². The number of carbonyl (C=O) groups excluding carboxylic acids is 1. The molecule has 1 aliphatic heterocycles. The van der Waals surface area contributed by atoms with Gasteiger partial charge in [0.05, 0.1) is 0 Å². The number of aromatic nitrogens is 2. The number of aliphatic hydroxyl groups excluding tert-OH is 1. The third-order valence-corrected chi connectivity index (χ3v) is 4.37. The first-order chi connectivity index (χ1) is 11.5. The quantitative estimate of drug-likeness (QED) is 0.926. The molecule has 7 heteroatoms. The second-order valence-corrected chi connectivity index (χ2v) is 6.16. The van der Waals surface area contributed by atoms with Gasteiger partial charge in [0, 0.05) is 26.4 Å². The maximum absolute atomic E-state index is 13.2. The molecule has 0 radical (unpaired) electrons. The number of aliphatic hydroxyl groups is 1. The number of carbonyl (C=O) groups is 1. The highest BCUT2D eigenvalue weighted by molar-refractivity contribution is 5.82. The van der Waals surface area contributed by atoms with Gasteiger partial charge in [-0.2, -0.15) is 4.98 Å². The van der Waals surface area contributed by atoms with Crippen molar-refractivity contribution in [3.8, 4) is 0 Å². The van der Waals surface area contributed by atoms with Crippen molar-refractivity contribution in [1.29, 1.82) is 0 Å². The second-order valence-electron chi connectivity index (χ2n) is 6.16. The molecule has 1 aliphatic rings. The zero-order valence-corrected chi connectivity index (χ0v) is 13.5. The number of hydrogen-bond acceptors (Lipinski definition) is 5. The lowest BCUT2D eigenvalue weighted by atomic mass is 9.92. The van der Waals surface area contributed by atoms with Crippen LogP contribution in [0.25, 0.3) is 0 Å². The molecular formula is C17H20FN3O3. The summed E-state index contributed by atoms with van der Waals surface area (Å²) in [4.78, 5) is 18.2. The molecule has 1 amide bonds. The van der Waals surface area contributed by atoms with Gasteiger partial charge in [0.25, 0.3) is 5.91 Å². The molecule has 0 bridgehead atoms. The number of aryl methyl sites for hydroxylation is 1. The van der Waals surface area contributed by atoms with Crippen LogP contribution in [0, 0.1) is 18.7 Å². The van der Waals surface area contributed by atoms with E-state index in [1.165, 1.54) is 18.2 Å². The maximum atomic E-state index is 13.2. The van der Waals surface area contributed by atoms with Gasteiger partial charge < -0.3 is 14.5 Å². The Morgan fingerprint density at radius 3 is 2.83 bits per heavy atom. The van der Waals surface area contributed by atoms with E-state index >= 15 is 0 Å². The number of amides is 1. The standard InChI is InChI=1S/C17H20FN3O3/c1-11-19-15(20-24-11)9-12-5-7-21(8-6-12)17(23)16(22)13-3-2-4-14(18)10-13/h2-4,10,12,16,22H,5-9H2,1H3. The molecule has 128 valence electrons. The minimum absolute atomic E-state index is 0.282. The Morgan fingerprint density at radius 1 is 1.46 bits per heavy atom. The highest BCUT2D eigenvalue weighted by Gasteiger charge is 2.28. The molecule has 1 unspecified atom stereocenters. The molecule has 3 rings (SSSR count). The van der Waals surface area contributed by atoms with Crippen molar-refractivity contribution in [2.24, 2.45) is 5.92 Å². The third-order valence-electron chi connectivity index (χ3n) is 4.37. The van der Waals surface area contributed by atoms with Crippen LogP contribution in [0.2, 0.25) is 0 Å². The van der Waals surface area contributed by atoms with E-state index in [1.54, 1.807) is 17.9 Å². The molecular weight excluding hydrogens is 313 g/mol. The average Bonchev–Trinajstić information content (AvgIpc) is 2.99. The molecule has 1 fully saturated rings. The second kappa shape index (κ2) is 7.09. The van der Waals surface area contributed by atoms with Gasteiger partial charge in [-0.1, -0.05) is 17.3 Å². The topological polar surface area (TPSA) is 79.5 Å². The van der Waals surface area contributed by atoms with Gasteiger partial charge in [-0.05, 0) is 36.5 Å². The van der Waals surface area contributed by atoms with E-state index < -0.39 is 11.9 Å². The summed E-state index contributed by atoms with van der Waals surface area (Å²) in [7, 11) is 0. The Kier molecular flexibility index (Phi) is 4.89. The average molecular weight is 333 g/mol. The first-order valence-electron chi connectivity index (χ1n) is 8.04. The summed E-state index contributed by atoms with van der Waals surface area (Å²) >= 11 is 0. The normalized spacial score (nSPS) is 17.0. The van der Waals surface area contributed by atoms with E-state index in [2.05, 4.69) is 10.1 Å². The van der Waals surface area contributed by atoms with Crippen molar-refractivity contribution in [3.05, 3.63) is 47.4 Å². The van der Waals surface area contributed by atoms with Gasteiger partial charge in [-0.25, -0.2) is 4.39 Å². The molecule has 0 saturated carbocycles. The number of piperidine rings is 1. The van der Waals surface area contributed by atoms with Crippen molar-refractivity contribution in [2.75, 3.05) is 13.1 Å². The third kappa shape index (κ3) is 3.79. The van der Waals surface area contributed by atoms with Gasteiger partial charge >= 0.3 is 0 Å². The van der Waals surface area contributed by atoms with E-state index in [1.807, 2.05) is 0 Å². The van der Waals surface area contributed by atoms with Gasteiger partial charge in [0.1, 0.15) is 5.82 Å². The van der Waals surface area contributed by atoms with Crippen molar-refractivity contribution in [1.82, 2.24) is 15.0 Å². The van der Waals surface area contributed by atoms with Crippen LogP contribution in [0.15, 0.2) is 28.8 Å². The van der Waals surface area contributed by atoms with Gasteiger partial charge in [-0.15, -0.1) is 0 Å². The smallest absolute Gasteiger partial charge is 0.256 e. The molecule has 1 aromatic heterocycles. The minimum atomic E-state index is -1.32. The Labute approximate surface area is 139 Å². The van der Waals surface area contributed by atoms with E-state index in [0.29, 0.717) is 30.7 Å². The molecule has 1 atom stereocenters.